The molecule has 0 N–H and O–H groups in total. The second kappa shape index (κ2) is 9.14. The molecule has 0 unspecified atom stereocenters. The van der Waals surface area contributed by atoms with E-state index in [4.69, 9.17) is 4.74 Å². The summed E-state index contributed by atoms with van der Waals surface area (Å²) in [6.07, 6.45) is 12.9. The smallest absolute Gasteiger partial charge is 0.203 e. The lowest BCUT2D eigenvalue weighted by Crippen LogP contribution is -2.27. The molecule has 0 saturated heterocycles. The highest BCUT2D eigenvalue weighted by Gasteiger charge is 2.31. The molecule has 0 spiro atoms. The summed E-state index contributed by atoms with van der Waals surface area (Å²) in [5.41, 5.74) is 0. The predicted molar refractivity (Wildman–Crippen MR) is 97.6 cm³/mol. The summed E-state index contributed by atoms with van der Waals surface area (Å²) in [7, 11) is 0. The molecular weight excluding hydrogens is 337 g/mol. The fourth-order valence-corrected chi connectivity index (χ4v) is 5.01. The lowest BCUT2D eigenvalue weighted by molar-refractivity contribution is 0.120. The van der Waals surface area contributed by atoms with Gasteiger partial charge in [0.15, 0.2) is 17.4 Å². The first kappa shape index (κ1) is 19.6. The molecule has 3 rings (SSSR count). The molecule has 1 aromatic rings. The molecule has 2 aliphatic rings. The van der Waals surface area contributed by atoms with Crippen molar-refractivity contribution in [3.63, 3.8) is 0 Å². The van der Waals surface area contributed by atoms with Crippen molar-refractivity contribution >= 4 is 0 Å². The quantitative estimate of drug-likeness (QED) is 0.496. The van der Waals surface area contributed by atoms with Gasteiger partial charge in [-0.1, -0.05) is 32.6 Å². The summed E-state index contributed by atoms with van der Waals surface area (Å²) < 4.78 is 45.4. The largest absolute Gasteiger partial charge is 0.490 e. The maximum Gasteiger partial charge on any atom is 0.203 e. The second-order valence-corrected chi connectivity index (χ2v) is 8.33. The molecule has 2 saturated carbocycles. The van der Waals surface area contributed by atoms with Gasteiger partial charge in [0.2, 0.25) is 5.82 Å². The molecule has 0 aromatic heterocycles. The summed E-state index contributed by atoms with van der Waals surface area (Å²) in [5, 5.41) is 0. The molecular formula is C22H31F3O. The Morgan fingerprint density at radius 2 is 1.38 bits per heavy atom. The highest BCUT2D eigenvalue weighted by molar-refractivity contribution is 5.26. The number of benzene rings is 1. The van der Waals surface area contributed by atoms with Crippen LogP contribution in [0.15, 0.2) is 12.1 Å². The van der Waals surface area contributed by atoms with Crippen molar-refractivity contribution in [3.8, 4) is 5.75 Å². The molecule has 0 atom stereocenters. The number of hydrogen-bond donors (Lipinski definition) is 0. The van der Waals surface area contributed by atoms with E-state index < -0.39 is 17.5 Å². The van der Waals surface area contributed by atoms with Gasteiger partial charge in [0.05, 0.1) is 6.61 Å². The first-order valence-corrected chi connectivity index (χ1v) is 10.3. The summed E-state index contributed by atoms with van der Waals surface area (Å²) in [4.78, 5) is 0. The van der Waals surface area contributed by atoms with Crippen LogP contribution in [0.5, 0.6) is 5.75 Å². The van der Waals surface area contributed by atoms with Gasteiger partial charge in [0.25, 0.3) is 0 Å². The lowest BCUT2D eigenvalue weighted by atomic mass is 9.69. The van der Waals surface area contributed by atoms with Crippen LogP contribution in [-0.2, 0) is 0 Å². The van der Waals surface area contributed by atoms with Crippen LogP contribution < -0.4 is 4.74 Å². The molecule has 0 aliphatic heterocycles. The molecule has 1 aromatic carbocycles. The van der Waals surface area contributed by atoms with Crippen molar-refractivity contribution in [2.45, 2.75) is 71.1 Å². The predicted octanol–water partition coefficient (Wildman–Crippen LogP) is 6.90. The van der Waals surface area contributed by atoms with E-state index in [1.807, 2.05) is 0 Å². The summed E-state index contributed by atoms with van der Waals surface area (Å²) >= 11 is 0. The van der Waals surface area contributed by atoms with Gasteiger partial charge in [-0.05, 0) is 74.3 Å². The van der Waals surface area contributed by atoms with Gasteiger partial charge >= 0.3 is 0 Å². The van der Waals surface area contributed by atoms with Crippen molar-refractivity contribution < 1.29 is 17.9 Å². The lowest BCUT2D eigenvalue weighted by Gasteiger charge is -2.37. The van der Waals surface area contributed by atoms with E-state index in [9.17, 15) is 13.2 Å². The Balaban J connectivity index is 1.41. The molecule has 2 aliphatic carbocycles. The minimum atomic E-state index is -1.45. The maximum atomic E-state index is 13.7. The third kappa shape index (κ3) is 4.75. The van der Waals surface area contributed by atoms with Crippen molar-refractivity contribution in [3.05, 3.63) is 29.6 Å². The SMILES string of the molecule is CCC[C@H]1CC[C@H](C2CCC(COc3ccc(F)c(F)c3F)CC2)CC1. The zero-order valence-corrected chi connectivity index (χ0v) is 15.8. The van der Waals surface area contributed by atoms with Crippen molar-refractivity contribution in [2.75, 3.05) is 6.61 Å². The van der Waals surface area contributed by atoms with Gasteiger partial charge < -0.3 is 4.74 Å². The van der Waals surface area contributed by atoms with Gasteiger partial charge in [-0.25, -0.2) is 8.78 Å². The van der Waals surface area contributed by atoms with Crippen LogP contribution in [0.2, 0.25) is 0 Å². The molecule has 0 radical (unpaired) electrons. The third-order valence-electron chi connectivity index (χ3n) is 6.62. The molecule has 1 nitrogen and oxygen atoms in total. The molecule has 0 bridgehead atoms. The van der Waals surface area contributed by atoms with Gasteiger partial charge in [-0.3, -0.25) is 0 Å². The van der Waals surface area contributed by atoms with E-state index in [1.165, 1.54) is 57.4 Å². The molecule has 146 valence electrons. The fourth-order valence-electron chi connectivity index (χ4n) is 5.01. The third-order valence-corrected chi connectivity index (χ3v) is 6.62. The number of hydrogen-bond acceptors (Lipinski definition) is 1. The molecule has 0 heterocycles. The zero-order valence-electron chi connectivity index (χ0n) is 15.8. The average Bonchev–Trinajstić information content (AvgIpc) is 2.67. The zero-order chi connectivity index (χ0) is 18.5. The number of rotatable bonds is 6. The van der Waals surface area contributed by atoms with Crippen LogP contribution in [0.4, 0.5) is 13.2 Å². The minimum absolute atomic E-state index is 0.180. The Bertz CT molecular complexity index is 573. The first-order chi connectivity index (χ1) is 12.6. The minimum Gasteiger partial charge on any atom is -0.490 e. The van der Waals surface area contributed by atoms with Gasteiger partial charge in [0.1, 0.15) is 0 Å². The Morgan fingerprint density at radius 3 is 1.96 bits per heavy atom. The highest BCUT2D eigenvalue weighted by atomic mass is 19.2. The molecule has 26 heavy (non-hydrogen) atoms. The Hall–Kier alpha value is -1.19. The average molecular weight is 368 g/mol. The Kier molecular flexibility index (Phi) is 6.88. The van der Waals surface area contributed by atoms with Crippen LogP contribution >= 0.6 is 0 Å². The topological polar surface area (TPSA) is 9.23 Å². The van der Waals surface area contributed by atoms with Gasteiger partial charge in [-0.2, -0.15) is 4.39 Å². The van der Waals surface area contributed by atoms with E-state index in [2.05, 4.69) is 6.92 Å². The number of halogens is 3. The van der Waals surface area contributed by atoms with E-state index in [-0.39, 0.29) is 5.75 Å². The van der Waals surface area contributed by atoms with E-state index in [0.29, 0.717) is 12.5 Å². The van der Waals surface area contributed by atoms with E-state index in [1.54, 1.807) is 0 Å². The van der Waals surface area contributed by atoms with Crippen LogP contribution in [0, 0.1) is 41.1 Å². The maximum absolute atomic E-state index is 13.7. The van der Waals surface area contributed by atoms with Crippen molar-refractivity contribution in [1.29, 1.82) is 0 Å². The van der Waals surface area contributed by atoms with Crippen LogP contribution in [0.25, 0.3) is 0 Å². The highest BCUT2D eigenvalue weighted by Crippen LogP contribution is 2.42. The van der Waals surface area contributed by atoms with Crippen molar-refractivity contribution in [1.82, 2.24) is 0 Å². The normalized spacial score (nSPS) is 29.5. The molecule has 4 heteroatoms. The first-order valence-electron chi connectivity index (χ1n) is 10.3. The Morgan fingerprint density at radius 1 is 0.808 bits per heavy atom. The monoisotopic (exact) mass is 368 g/mol. The van der Waals surface area contributed by atoms with Gasteiger partial charge in [-0.15, -0.1) is 0 Å². The van der Waals surface area contributed by atoms with Crippen molar-refractivity contribution in [2.24, 2.45) is 23.7 Å². The van der Waals surface area contributed by atoms with E-state index >= 15 is 0 Å². The molecule has 2 fully saturated rings. The Labute approximate surface area is 155 Å². The summed E-state index contributed by atoms with van der Waals surface area (Å²) in [6, 6.07) is 2.09. The summed E-state index contributed by atoms with van der Waals surface area (Å²) in [5.74, 6) is -0.985. The standard InChI is InChI=1S/C22H31F3O/c1-2-3-15-4-8-17(9-5-15)18-10-6-16(7-11-18)14-26-20-13-12-19(23)21(24)22(20)25/h12-13,15-18H,2-11,14H2,1H3/t15-,16?,17-,18?. The number of ether oxygens (including phenoxy) is 1. The van der Waals surface area contributed by atoms with Crippen LogP contribution in [0.1, 0.15) is 71.1 Å². The van der Waals surface area contributed by atoms with E-state index in [0.717, 1.165) is 36.7 Å². The fraction of sp³-hybridized carbons (Fsp3) is 0.727. The van der Waals surface area contributed by atoms with Gasteiger partial charge in [0, 0.05) is 0 Å². The second-order valence-electron chi connectivity index (χ2n) is 8.33. The van der Waals surface area contributed by atoms with Crippen LogP contribution in [0.3, 0.4) is 0 Å². The molecule has 0 amide bonds. The summed E-state index contributed by atoms with van der Waals surface area (Å²) in [6.45, 7) is 2.67. The van der Waals surface area contributed by atoms with Crippen LogP contribution in [-0.4, -0.2) is 6.61 Å².